The van der Waals surface area contributed by atoms with Gasteiger partial charge in [0, 0.05) is 23.8 Å². The van der Waals surface area contributed by atoms with Crippen LogP contribution in [0.15, 0.2) is 18.2 Å². The molecule has 2 rings (SSSR count). The molecule has 1 aromatic rings. The zero-order chi connectivity index (χ0) is 13.7. The Hall–Kier alpha value is -1.10. The van der Waals surface area contributed by atoms with Crippen molar-refractivity contribution in [1.82, 2.24) is 10.4 Å². The molecule has 104 valence electrons. The third-order valence-corrected chi connectivity index (χ3v) is 3.53. The predicted molar refractivity (Wildman–Crippen MR) is 78.2 cm³/mol. The topological polar surface area (TPSA) is 44.4 Å². The van der Waals surface area contributed by atoms with Crippen LogP contribution < -0.4 is 10.7 Å². The average molecular weight is 282 g/mol. The van der Waals surface area contributed by atoms with Gasteiger partial charge in [-0.3, -0.25) is 4.79 Å². The van der Waals surface area contributed by atoms with Crippen molar-refractivity contribution >= 4 is 23.2 Å². The molecule has 0 unspecified atom stereocenters. The molecule has 1 saturated heterocycles. The fourth-order valence-corrected chi connectivity index (χ4v) is 2.33. The second kappa shape index (κ2) is 6.89. The first-order chi connectivity index (χ1) is 9.15. The van der Waals surface area contributed by atoms with Gasteiger partial charge in [-0.1, -0.05) is 24.1 Å². The molecule has 2 N–H and O–H groups in total. The fraction of sp³-hybridized carbons (Fsp3) is 0.500. The van der Waals surface area contributed by atoms with Gasteiger partial charge in [0.2, 0.25) is 5.91 Å². The number of carbonyl (C=O) groups excluding carboxylic acids is 1. The van der Waals surface area contributed by atoms with Gasteiger partial charge in [-0.05, 0) is 37.5 Å². The van der Waals surface area contributed by atoms with Crippen LogP contribution in [0.3, 0.4) is 0 Å². The van der Waals surface area contributed by atoms with Gasteiger partial charge in [0.05, 0.1) is 6.54 Å². The lowest BCUT2D eigenvalue weighted by atomic mass is 10.2. The molecule has 4 nitrogen and oxygen atoms in total. The quantitative estimate of drug-likeness (QED) is 0.892. The summed E-state index contributed by atoms with van der Waals surface area (Å²) in [5, 5.41) is 5.63. The van der Waals surface area contributed by atoms with Gasteiger partial charge in [0.25, 0.3) is 0 Å². The summed E-state index contributed by atoms with van der Waals surface area (Å²) in [5.41, 5.74) is 4.95. The van der Waals surface area contributed by atoms with E-state index >= 15 is 0 Å². The number of anilines is 1. The van der Waals surface area contributed by atoms with Crippen molar-refractivity contribution in [2.45, 2.75) is 26.2 Å². The molecule has 0 aromatic heterocycles. The number of nitrogens with one attached hydrogen (secondary N) is 2. The van der Waals surface area contributed by atoms with E-state index in [9.17, 15) is 4.79 Å². The number of amides is 1. The van der Waals surface area contributed by atoms with Crippen molar-refractivity contribution in [3.63, 3.8) is 0 Å². The number of piperidine rings is 1. The van der Waals surface area contributed by atoms with Crippen LogP contribution in [0.1, 0.15) is 24.8 Å². The number of hydrogen-bond acceptors (Lipinski definition) is 3. The van der Waals surface area contributed by atoms with Crippen LogP contribution in [-0.4, -0.2) is 30.6 Å². The summed E-state index contributed by atoms with van der Waals surface area (Å²) in [5.74, 6) is -0.0454. The van der Waals surface area contributed by atoms with Gasteiger partial charge in [0.1, 0.15) is 0 Å². The van der Waals surface area contributed by atoms with E-state index in [1.807, 2.05) is 19.1 Å². The maximum Gasteiger partial charge on any atom is 0.239 e. The number of halogens is 1. The van der Waals surface area contributed by atoms with Crippen LogP contribution in [0.5, 0.6) is 0 Å². The summed E-state index contributed by atoms with van der Waals surface area (Å²) in [4.78, 5) is 11.9. The Morgan fingerprint density at radius 2 is 2.05 bits per heavy atom. The molecule has 1 amide bonds. The van der Waals surface area contributed by atoms with E-state index in [4.69, 9.17) is 11.6 Å². The molecule has 19 heavy (non-hydrogen) atoms. The first-order valence-electron chi connectivity index (χ1n) is 6.69. The van der Waals surface area contributed by atoms with E-state index in [1.165, 1.54) is 19.3 Å². The van der Waals surface area contributed by atoms with Crippen molar-refractivity contribution in [3.05, 3.63) is 28.8 Å². The van der Waals surface area contributed by atoms with E-state index in [0.29, 0.717) is 11.6 Å². The number of hydrogen-bond donors (Lipinski definition) is 2. The second-order valence-electron chi connectivity index (χ2n) is 4.89. The number of hydrazine groups is 1. The number of aryl methyl sites for hydroxylation is 1. The van der Waals surface area contributed by atoms with Crippen molar-refractivity contribution in [2.24, 2.45) is 0 Å². The molecule has 0 atom stereocenters. The third-order valence-electron chi connectivity index (χ3n) is 3.29. The Labute approximate surface area is 119 Å². The lowest BCUT2D eigenvalue weighted by molar-refractivity contribution is -0.116. The minimum absolute atomic E-state index is 0.0454. The lowest BCUT2D eigenvalue weighted by Gasteiger charge is -2.26. The molecule has 5 heteroatoms. The Bertz CT molecular complexity index is 444. The molecule has 1 aliphatic rings. The smallest absolute Gasteiger partial charge is 0.239 e. The normalized spacial score (nSPS) is 16.3. The van der Waals surface area contributed by atoms with E-state index in [2.05, 4.69) is 15.8 Å². The highest BCUT2D eigenvalue weighted by Gasteiger charge is 2.11. The van der Waals surface area contributed by atoms with Gasteiger partial charge in [0.15, 0.2) is 0 Å². The van der Waals surface area contributed by atoms with Crippen LogP contribution in [0.2, 0.25) is 5.02 Å². The van der Waals surface area contributed by atoms with Gasteiger partial charge in [-0.15, -0.1) is 0 Å². The molecule has 0 radical (unpaired) electrons. The van der Waals surface area contributed by atoms with E-state index < -0.39 is 0 Å². The minimum atomic E-state index is -0.0454. The largest absolute Gasteiger partial charge is 0.325 e. The molecular weight excluding hydrogens is 262 g/mol. The van der Waals surface area contributed by atoms with Crippen LogP contribution in [0.4, 0.5) is 5.69 Å². The lowest BCUT2D eigenvalue weighted by Crippen LogP contribution is -2.45. The Morgan fingerprint density at radius 1 is 1.32 bits per heavy atom. The molecule has 0 bridgehead atoms. The molecule has 0 aliphatic carbocycles. The number of nitrogens with zero attached hydrogens (tertiary/aromatic N) is 1. The second-order valence-corrected chi connectivity index (χ2v) is 5.33. The molecule has 1 heterocycles. The first kappa shape index (κ1) is 14.3. The fourth-order valence-electron chi connectivity index (χ4n) is 2.16. The van der Waals surface area contributed by atoms with Crippen molar-refractivity contribution in [3.8, 4) is 0 Å². The molecule has 0 spiro atoms. The summed E-state index contributed by atoms with van der Waals surface area (Å²) < 4.78 is 0. The van der Waals surface area contributed by atoms with Crippen molar-refractivity contribution < 1.29 is 4.79 Å². The van der Waals surface area contributed by atoms with Gasteiger partial charge in [-0.25, -0.2) is 10.4 Å². The third kappa shape index (κ3) is 4.49. The van der Waals surface area contributed by atoms with Crippen molar-refractivity contribution in [1.29, 1.82) is 0 Å². The average Bonchev–Trinajstić information content (AvgIpc) is 2.42. The van der Waals surface area contributed by atoms with E-state index in [0.717, 1.165) is 24.3 Å². The summed E-state index contributed by atoms with van der Waals surface area (Å²) in [6.45, 7) is 4.28. The first-order valence-corrected chi connectivity index (χ1v) is 7.07. The van der Waals surface area contributed by atoms with Crippen LogP contribution in [0.25, 0.3) is 0 Å². The standard InChI is InChI=1S/C14H20ClN3O/c1-11-5-6-12(15)9-13(11)17-14(19)10-16-18-7-3-2-4-8-18/h5-6,9,16H,2-4,7-8,10H2,1H3,(H,17,19). The van der Waals surface area contributed by atoms with Crippen LogP contribution in [0, 0.1) is 6.92 Å². The highest BCUT2D eigenvalue weighted by Crippen LogP contribution is 2.19. The highest BCUT2D eigenvalue weighted by molar-refractivity contribution is 6.31. The summed E-state index contributed by atoms with van der Waals surface area (Å²) in [7, 11) is 0. The predicted octanol–water partition coefficient (Wildman–Crippen LogP) is 2.58. The van der Waals surface area contributed by atoms with Gasteiger partial charge >= 0.3 is 0 Å². The van der Waals surface area contributed by atoms with Gasteiger partial charge < -0.3 is 5.32 Å². The minimum Gasteiger partial charge on any atom is -0.325 e. The molecule has 0 saturated carbocycles. The monoisotopic (exact) mass is 281 g/mol. The number of benzene rings is 1. The van der Waals surface area contributed by atoms with Crippen LogP contribution >= 0.6 is 11.6 Å². The molecule has 1 aromatic carbocycles. The molecule has 1 fully saturated rings. The molecule has 1 aliphatic heterocycles. The van der Waals surface area contributed by atoms with E-state index in [1.54, 1.807) is 6.07 Å². The number of rotatable bonds is 4. The van der Waals surface area contributed by atoms with E-state index in [-0.39, 0.29) is 5.91 Å². The number of carbonyl (C=O) groups is 1. The van der Waals surface area contributed by atoms with Gasteiger partial charge in [-0.2, -0.15) is 0 Å². The Morgan fingerprint density at radius 3 is 2.79 bits per heavy atom. The summed E-state index contributed by atoms with van der Waals surface area (Å²) >= 11 is 5.92. The van der Waals surface area contributed by atoms with Crippen molar-refractivity contribution in [2.75, 3.05) is 25.0 Å². The maximum absolute atomic E-state index is 11.9. The van der Waals surface area contributed by atoms with Crippen LogP contribution in [-0.2, 0) is 4.79 Å². The zero-order valence-electron chi connectivity index (χ0n) is 11.2. The molecular formula is C14H20ClN3O. The zero-order valence-corrected chi connectivity index (χ0v) is 12.0. The Balaban J connectivity index is 1.81. The Kier molecular flexibility index (Phi) is 5.19. The summed E-state index contributed by atoms with van der Waals surface area (Å²) in [6, 6.07) is 5.49. The SMILES string of the molecule is Cc1ccc(Cl)cc1NC(=O)CNN1CCCCC1. The maximum atomic E-state index is 11.9. The summed E-state index contributed by atoms with van der Waals surface area (Å²) in [6.07, 6.45) is 3.68. The highest BCUT2D eigenvalue weighted by atomic mass is 35.5.